The fourth-order valence-corrected chi connectivity index (χ4v) is 1.82. The van der Waals surface area contributed by atoms with Crippen LogP contribution in [-0.2, 0) is 20.0 Å². The van der Waals surface area contributed by atoms with E-state index < -0.39 is 4.92 Å². The first-order valence-electron chi connectivity index (χ1n) is 5.88. The lowest BCUT2D eigenvalue weighted by Gasteiger charge is -2.03. The number of aryl methyl sites for hydroxylation is 3. The van der Waals surface area contributed by atoms with Gasteiger partial charge >= 0.3 is 5.69 Å². The first kappa shape index (κ1) is 13.1. The van der Waals surface area contributed by atoms with Crippen molar-refractivity contribution < 1.29 is 9.34 Å². The first-order chi connectivity index (χ1) is 9.02. The number of anilines is 1. The molecule has 2 heterocycles. The summed E-state index contributed by atoms with van der Waals surface area (Å²) in [5.41, 5.74) is 0.349. The second-order valence-electron chi connectivity index (χ2n) is 4.09. The van der Waals surface area contributed by atoms with Gasteiger partial charge in [-0.3, -0.25) is 10.1 Å². The van der Waals surface area contributed by atoms with Gasteiger partial charge in [-0.1, -0.05) is 6.92 Å². The van der Waals surface area contributed by atoms with Gasteiger partial charge in [-0.25, -0.2) is 9.67 Å². The molecule has 0 aromatic carbocycles. The summed E-state index contributed by atoms with van der Waals surface area (Å²) < 4.78 is 6.87. The summed E-state index contributed by atoms with van der Waals surface area (Å²) in [5, 5.41) is 18.0. The Bertz CT molecular complexity index is 601. The number of aromatic nitrogens is 3. The van der Waals surface area contributed by atoms with Crippen molar-refractivity contribution >= 4 is 11.5 Å². The van der Waals surface area contributed by atoms with Crippen molar-refractivity contribution in [2.75, 3.05) is 5.32 Å². The number of nitro groups is 1. The maximum atomic E-state index is 11.0. The molecule has 0 aliphatic heterocycles. The number of rotatable bonds is 5. The van der Waals surface area contributed by atoms with E-state index in [9.17, 15) is 10.1 Å². The fraction of sp³-hybridized carbons (Fsp3) is 0.455. The van der Waals surface area contributed by atoms with Gasteiger partial charge in [0.05, 0.1) is 17.7 Å². The van der Waals surface area contributed by atoms with Crippen LogP contribution in [0.25, 0.3) is 0 Å². The molecule has 0 aliphatic rings. The zero-order chi connectivity index (χ0) is 14.0. The molecule has 0 radical (unpaired) electrons. The normalized spacial score (nSPS) is 10.7. The summed E-state index contributed by atoms with van der Waals surface area (Å²) in [4.78, 5) is 14.6. The second kappa shape index (κ2) is 5.09. The van der Waals surface area contributed by atoms with Crippen molar-refractivity contribution in [2.24, 2.45) is 7.05 Å². The number of hydrogen-bond acceptors (Lipinski definition) is 6. The van der Waals surface area contributed by atoms with Crippen molar-refractivity contribution in [1.29, 1.82) is 0 Å². The van der Waals surface area contributed by atoms with E-state index in [1.165, 1.54) is 4.68 Å². The van der Waals surface area contributed by atoms with Gasteiger partial charge in [0.15, 0.2) is 0 Å². The molecule has 8 heteroatoms. The van der Waals surface area contributed by atoms with Crippen LogP contribution in [0.2, 0.25) is 0 Å². The van der Waals surface area contributed by atoms with Gasteiger partial charge in [0.2, 0.25) is 11.7 Å². The van der Waals surface area contributed by atoms with E-state index in [0.29, 0.717) is 17.4 Å². The number of hydrogen-bond donors (Lipinski definition) is 1. The molecule has 0 fully saturated rings. The molecule has 2 rings (SSSR count). The van der Waals surface area contributed by atoms with E-state index in [0.717, 1.165) is 12.2 Å². The maximum Gasteiger partial charge on any atom is 0.333 e. The van der Waals surface area contributed by atoms with Crippen LogP contribution in [0, 0.1) is 17.0 Å². The maximum absolute atomic E-state index is 11.0. The number of nitrogens with zero attached hydrogens (tertiary/aromatic N) is 4. The highest BCUT2D eigenvalue weighted by Crippen LogP contribution is 2.27. The zero-order valence-corrected chi connectivity index (χ0v) is 11.0. The second-order valence-corrected chi connectivity index (χ2v) is 4.09. The largest absolute Gasteiger partial charge is 0.444 e. The molecule has 0 amide bonds. The average molecular weight is 265 g/mol. The lowest BCUT2D eigenvalue weighted by molar-refractivity contribution is -0.384. The monoisotopic (exact) mass is 265 g/mol. The van der Waals surface area contributed by atoms with Crippen molar-refractivity contribution in [2.45, 2.75) is 26.8 Å². The van der Waals surface area contributed by atoms with Crippen LogP contribution in [-0.4, -0.2) is 19.7 Å². The van der Waals surface area contributed by atoms with E-state index in [2.05, 4.69) is 15.4 Å². The minimum Gasteiger partial charge on any atom is -0.444 e. The third-order valence-electron chi connectivity index (χ3n) is 2.73. The van der Waals surface area contributed by atoms with E-state index in [-0.39, 0.29) is 12.2 Å². The highest BCUT2D eigenvalue weighted by molar-refractivity contribution is 5.59. The quantitative estimate of drug-likeness (QED) is 0.653. The molecule has 0 bridgehead atoms. The molecular formula is C11H15N5O3. The van der Waals surface area contributed by atoms with Crippen molar-refractivity contribution in [3.63, 3.8) is 0 Å². The number of nitrogens with one attached hydrogen (secondary N) is 1. The van der Waals surface area contributed by atoms with Gasteiger partial charge < -0.3 is 9.73 Å². The molecule has 0 aliphatic carbocycles. The molecule has 0 atom stereocenters. The van der Waals surface area contributed by atoms with Gasteiger partial charge in [-0.2, -0.15) is 5.10 Å². The molecule has 1 N–H and O–H groups in total. The first-order valence-corrected chi connectivity index (χ1v) is 5.88. The van der Waals surface area contributed by atoms with Crippen LogP contribution in [0.15, 0.2) is 10.6 Å². The molecule has 0 unspecified atom stereocenters. The SMILES string of the molecule is CCc1cnc(CNc2c([N+](=O)[O-])c(C)nn2C)o1. The zero-order valence-electron chi connectivity index (χ0n) is 11.0. The highest BCUT2D eigenvalue weighted by atomic mass is 16.6. The third-order valence-corrected chi connectivity index (χ3v) is 2.73. The van der Waals surface area contributed by atoms with Crippen LogP contribution in [0.1, 0.15) is 24.3 Å². The van der Waals surface area contributed by atoms with Crippen LogP contribution < -0.4 is 5.32 Å². The predicted octanol–water partition coefficient (Wildman–Crippen LogP) is 1.80. The summed E-state index contributed by atoms with van der Waals surface area (Å²) in [5.74, 6) is 1.62. The molecule has 0 saturated heterocycles. The molecule has 2 aromatic rings. The molecule has 19 heavy (non-hydrogen) atoms. The molecular weight excluding hydrogens is 250 g/mol. The van der Waals surface area contributed by atoms with E-state index in [1.807, 2.05) is 6.92 Å². The van der Waals surface area contributed by atoms with Gasteiger partial charge in [-0.05, 0) is 6.92 Å². The van der Waals surface area contributed by atoms with Gasteiger partial charge in [0.1, 0.15) is 11.5 Å². The van der Waals surface area contributed by atoms with Gasteiger partial charge in [0.25, 0.3) is 0 Å². The Morgan fingerprint density at radius 2 is 2.32 bits per heavy atom. The predicted molar refractivity (Wildman–Crippen MR) is 67.8 cm³/mol. The van der Waals surface area contributed by atoms with Crippen molar-refractivity contribution in [1.82, 2.24) is 14.8 Å². The molecule has 0 spiro atoms. The Balaban J connectivity index is 2.17. The van der Waals surface area contributed by atoms with E-state index >= 15 is 0 Å². The minimum absolute atomic E-state index is 0.0234. The minimum atomic E-state index is -0.447. The summed E-state index contributed by atoms with van der Waals surface area (Å²) in [6.45, 7) is 3.84. The smallest absolute Gasteiger partial charge is 0.333 e. The Morgan fingerprint density at radius 3 is 2.89 bits per heavy atom. The van der Waals surface area contributed by atoms with Crippen molar-refractivity contribution in [3.8, 4) is 0 Å². The van der Waals surface area contributed by atoms with Crippen molar-refractivity contribution in [3.05, 3.63) is 33.7 Å². The summed E-state index contributed by atoms with van der Waals surface area (Å²) in [6.07, 6.45) is 2.41. The lowest BCUT2D eigenvalue weighted by Crippen LogP contribution is -2.06. The highest BCUT2D eigenvalue weighted by Gasteiger charge is 2.23. The lowest BCUT2D eigenvalue weighted by atomic mass is 10.4. The molecule has 0 saturated carbocycles. The Labute approximate surface area is 109 Å². The van der Waals surface area contributed by atoms with Crippen LogP contribution in [0.3, 0.4) is 0 Å². The molecule has 102 valence electrons. The third kappa shape index (κ3) is 2.56. The summed E-state index contributed by atoms with van der Waals surface area (Å²) >= 11 is 0. The Kier molecular flexibility index (Phi) is 3.50. The average Bonchev–Trinajstić information content (AvgIpc) is 2.90. The number of oxazole rings is 1. The standard InChI is InChI=1S/C11H15N5O3/c1-4-8-5-12-9(19-8)6-13-11-10(16(17)18)7(2)14-15(11)3/h5,13H,4,6H2,1-3H3. The fourth-order valence-electron chi connectivity index (χ4n) is 1.82. The van der Waals surface area contributed by atoms with E-state index in [1.54, 1.807) is 20.2 Å². The van der Waals surface area contributed by atoms with Crippen LogP contribution in [0.4, 0.5) is 11.5 Å². The topological polar surface area (TPSA) is 99.0 Å². The molecule has 2 aromatic heterocycles. The van der Waals surface area contributed by atoms with Crippen LogP contribution >= 0.6 is 0 Å². The van der Waals surface area contributed by atoms with Gasteiger partial charge in [0, 0.05) is 13.5 Å². The Hall–Kier alpha value is -2.38. The summed E-state index contributed by atoms with van der Waals surface area (Å²) in [6, 6.07) is 0. The van der Waals surface area contributed by atoms with Crippen LogP contribution in [0.5, 0.6) is 0 Å². The van der Waals surface area contributed by atoms with Gasteiger partial charge in [-0.15, -0.1) is 0 Å². The molecule has 8 nitrogen and oxygen atoms in total. The Morgan fingerprint density at radius 1 is 1.58 bits per heavy atom. The summed E-state index contributed by atoms with van der Waals surface area (Å²) in [7, 11) is 1.65. The van der Waals surface area contributed by atoms with E-state index in [4.69, 9.17) is 4.42 Å².